The van der Waals surface area contributed by atoms with Gasteiger partial charge in [0.2, 0.25) is 5.91 Å². The third-order valence-electron chi connectivity index (χ3n) is 5.08. The number of halogens is 2. The Morgan fingerprint density at radius 2 is 1.83 bits per heavy atom. The van der Waals surface area contributed by atoms with Gasteiger partial charge in [0, 0.05) is 5.56 Å². The minimum atomic E-state index is -1.18. The first-order valence-electron chi connectivity index (χ1n) is 9.04. The minimum Gasteiger partial charge on any atom is -0.481 e. The van der Waals surface area contributed by atoms with Crippen molar-refractivity contribution in [3.05, 3.63) is 29.3 Å². The Morgan fingerprint density at radius 3 is 2.37 bits per heavy atom. The minimum absolute atomic E-state index is 0.103. The molecule has 2 N–H and O–H groups in total. The molecule has 0 bridgehead atoms. The maximum absolute atomic E-state index is 14.6. The van der Waals surface area contributed by atoms with Crippen LogP contribution < -0.4 is 10.8 Å². The number of carboxylic acids is 1. The van der Waals surface area contributed by atoms with Gasteiger partial charge in [-0.15, -0.1) is 5.10 Å². The van der Waals surface area contributed by atoms with Crippen molar-refractivity contribution in [2.45, 2.75) is 50.6 Å². The maximum Gasteiger partial charge on any atom is 0.500 e. The van der Waals surface area contributed by atoms with Crippen LogP contribution in [0.2, 0.25) is 0 Å². The predicted octanol–water partition coefficient (Wildman–Crippen LogP) is 1.66. The van der Waals surface area contributed by atoms with Crippen molar-refractivity contribution in [3.8, 4) is 0 Å². The van der Waals surface area contributed by atoms with Crippen LogP contribution in [0.3, 0.4) is 0 Å². The molecule has 2 heterocycles. The van der Waals surface area contributed by atoms with Crippen LogP contribution in [0.25, 0.3) is 0 Å². The summed E-state index contributed by atoms with van der Waals surface area (Å²) in [4.78, 5) is 22.4. The largest absolute Gasteiger partial charge is 0.500 e. The highest BCUT2D eigenvalue weighted by Gasteiger charge is 2.53. The zero-order chi connectivity index (χ0) is 22.3. The Hall–Kier alpha value is -2.31. The Bertz CT molecular complexity index is 915. The summed E-state index contributed by atoms with van der Waals surface area (Å²) in [5.74, 6) is -3.30. The summed E-state index contributed by atoms with van der Waals surface area (Å²) in [6.45, 7) is 7.13. The molecule has 2 fully saturated rings. The van der Waals surface area contributed by atoms with Crippen LogP contribution >= 0.6 is 11.8 Å². The quantitative estimate of drug-likeness (QED) is 0.411. The van der Waals surface area contributed by atoms with Gasteiger partial charge in [-0.3, -0.25) is 9.59 Å². The van der Waals surface area contributed by atoms with Crippen LogP contribution in [0.5, 0.6) is 0 Å². The Balaban J connectivity index is 1.74. The average molecular weight is 439 g/mol. The Morgan fingerprint density at radius 1 is 1.27 bits per heavy atom. The second-order valence-electron chi connectivity index (χ2n) is 7.83. The molecule has 1 atom stereocenters. The van der Waals surface area contributed by atoms with Gasteiger partial charge in [-0.2, -0.15) is 5.10 Å². The van der Waals surface area contributed by atoms with Gasteiger partial charge in [0.1, 0.15) is 16.9 Å². The number of thioether (sulfide) groups is 1. The lowest BCUT2D eigenvalue weighted by atomic mass is 9.77. The third kappa shape index (κ3) is 4.55. The number of hydrogen-bond acceptors (Lipinski definition) is 7. The molecule has 2 aliphatic rings. The Kier molecular flexibility index (Phi) is 6.03. The van der Waals surface area contributed by atoms with E-state index in [4.69, 9.17) is 14.4 Å². The summed E-state index contributed by atoms with van der Waals surface area (Å²) in [5.41, 5.74) is -1.71. The molecule has 0 saturated carbocycles. The molecular formula is C18H20BF2N3O5S. The number of nitrogens with one attached hydrogen (secondary N) is 1. The molecule has 30 heavy (non-hydrogen) atoms. The zero-order valence-electron chi connectivity index (χ0n) is 16.7. The molecular weight excluding hydrogens is 419 g/mol. The van der Waals surface area contributed by atoms with E-state index in [1.165, 1.54) is 0 Å². The normalized spacial score (nSPS) is 24.1. The summed E-state index contributed by atoms with van der Waals surface area (Å²) in [5, 5.41) is 17.9. The molecule has 2 saturated heterocycles. The standard InChI is InChI=1S/C18H20BF2N3O5S/c1-17(2)18(3,4)29-19(28-17)14-10(20)5-9(6-11(14)21)8-22-24-16-23-15(27)12(30-16)7-13(25)26/h5-6,8,12H,7H2,1-4H3,(H,25,26)(H,23,24,27). The molecule has 0 spiro atoms. The predicted molar refractivity (Wildman–Crippen MR) is 109 cm³/mol. The number of amidine groups is 1. The van der Waals surface area contributed by atoms with Crippen molar-refractivity contribution in [1.82, 2.24) is 5.32 Å². The van der Waals surface area contributed by atoms with Crippen molar-refractivity contribution < 1.29 is 32.8 Å². The molecule has 0 aromatic heterocycles. The van der Waals surface area contributed by atoms with Crippen LogP contribution in [0, 0.1) is 11.6 Å². The average Bonchev–Trinajstić information content (AvgIpc) is 3.02. The molecule has 3 rings (SSSR count). The van der Waals surface area contributed by atoms with Gasteiger partial charge in [0.15, 0.2) is 5.17 Å². The topological polar surface area (TPSA) is 110 Å². The van der Waals surface area contributed by atoms with Crippen molar-refractivity contribution in [2.75, 3.05) is 0 Å². The van der Waals surface area contributed by atoms with E-state index in [-0.39, 0.29) is 22.6 Å². The van der Waals surface area contributed by atoms with Gasteiger partial charge in [0.25, 0.3) is 0 Å². The van der Waals surface area contributed by atoms with E-state index in [0.29, 0.717) is 0 Å². The van der Waals surface area contributed by atoms with Crippen molar-refractivity contribution in [1.29, 1.82) is 0 Å². The fourth-order valence-electron chi connectivity index (χ4n) is 2.76. The molecule has 1 aromatic rings. The second kappa shape index (κ2) is 8.08. The first kappa shape index (κ1) is 22.4. The monoisotopic (exact) mass is 439 g/mol. The first-order valence-corrected chi connectivity index (χ1v) is 9.92. The lowest BCUT2D eigenvalue weighted by molar-refractivity contribution is -0.138. The van der Waals surface area contributed by atoms with E-state index in [0.717, 1.165) is 30.1 Å². The highest BCUT2D eigenvalue weighted by molar-refractivity contribution is 8.15. The summed E-state index contributed by atoms with van der Waals surface area (Å²) in [6, 6.07) is 2.14. The van der Waals surface area contributed by atoms with Gasteiger partial charge in [-0.05, 0) is 39.8 Å². The molecule has 2 aliphatic heterocycles. The molecule has 8 nitrogen and oxygen atoms in total. The number of carbonyl (C=O) groups excluding carboxylic acids is 1. The van der Waals surface area contributed by atoms with E-state index in [9.17, 15) is 18.4 Å². The SMILES string of the molecule is CC1(C)OB(c2c(F)cc(C=NN=C3NC(=O)C(CC(=O)O)S3)cc2F)OC1(C)C. The van der Waals surface area contributed by atoms with Crippen LogP contribution in [0.4, 0.5) is 8.78 Å². The van der Waals surface area contributed by atoms with E-state index in [1.807, 2.05) is 0 Å². The number of rotatable bonds is 5. The molecule has 12 heteroatoms. The molecule has 1 unspecified atom stereocenters. The number of carbonyl (C=O) groups is 2. The van der Waals surface area contributed by atoms with Crippen LogP contribution in [0.15, 0.2) is 22.3 Å². The smallest absolute Gasteiger partial charge is 0.481 e. The number of carboxylic acid groups (broad SMARTS) is 1. The van der Waals surface area contributed by atoms with Gasteiger partial charge >= 0.3 is 13.1 Å². The van der Waals surface area contributed by atoms with Gasteiger partial charge in [0.05, 0.1) is 29.3 Å². The van der Waals surface area contributed by atoms with E-state index in [1.54, 1.807) is 27.7 Å². The number of nitrogens with zero attached hydrogens (tertiary/aromatic N) is 2. The van der Waals surface area contributed by atoms with Gasteiger partial charge in [-0.25, -0.2) is 8.78 Å². The number of aliphatic carboxylic acids is 1. The van der Waals surface area contributed by atoms with Crippen LogP contribution in [0.1, 0.15) is 39.7 Å². The molecule has 160 valence electrons. The lowest BCUT2D eigenvalue weighted by Gasteiger charge is -2.32. The summed E-state index contributed by atoms with van der Waals surface area (Å²) < 4.78 is 40.6. The Labute approximate surface area is 176 Å². The summed E-state index contributed by atoms with van der Waals surface area (Å²) >= 11 is 0.921. The van der Waals surface area contributed by atoms with Crippen molar-refractivity contribution >= 4 is 47.6 Å². The first-order chi connectivity index (χ1) is 13.9. The molecule has 1 amide bonds. The summed E-state index contributed by atoms with van der Waals surface area (Å²) in [7, 11) is -1.18. The summed E-state index contributed by atoms with van der Waals surface area (Å²) in [6.07, 6.45) is 0.764. The number of hydrogen-bond donors (Lipinski definition) is 2. The van der Waals surface area contributed by atoms with Crippen LogP contribution in [-0.2, 0) is 18.9 Å². The third-order valence-corrected chi connectivity index (χ3v) is 6.15. The number of amides is 1. The maximum atomic E-state index is 14.6. The molecule has 1 aromatic carbocycles. The number of benzene rings is 1. The van der Waals surface area contributed by atoms with E-state index in [2.05, 4.69) is 15.5 Å². The molecule has 0 aliphatic carbocycles. The highest BCUT2D eigenvalue weighted by atomic mass is 32.2. The van der Waals surface area contributed by atoms with Crippen molar-refractivity contribution in [2.24, 2.45) is 10.2 Å². The highest BCUT2D eigenvalue weighted by Crippen LogP contribution is 2.36. The van der Waals surface area contributed by atoms with E-state index < -0.39 is 47.1 Å². The fraction of sp³-hybridized carbons (Fsp3) is 0.444. The van der Waals surface area contributed by atoms with Gasteiger partial charge < -0.3 is 19.7 Å². The fourth-order valence-corrected chi connectivity index (χ4v) is 3.67. The second-order valence-corrected chi connectivity index (χ2v) is 9.02. The lowest BCUT2D eigenvalue weighted by Crippen LogP contribution is -2.41. The van der Waals surface area contributed by atoms with Gasteiger partial charge in [-0.1, -0.05) is 11.8 Å². The van der Waals surface area contributed by atoms with Crippen molar-refractivity contribution in [3.63, 3.8) is 0 Å². The zero-order valence-corrected chi connectivity index (χ0v) is 17.5. The van der Waals surface area contributed by atoms with E-state index >= 15 is 0 Å². The van der Waals surface area contributed by atoms with Crippen LogP contribution in [-0.4, -0.2) is 51.9 Å². The molecule has 0 radical (unpaired) electrons.